The monoisotopic (exact) mass is 364 g/mol. The minimum absolute atomic E-state index is 0.0237. The van der Waals surface area contributed by atoms with Gasteiger partial charge in [0.25, 0.3) is 15.9 Å². The number of rotatable bonds is 4. The molecule has 0 aliphatic carbocycles. The summed E-state index contributed by atoms with van der Waals surface area (Å²) in [5.41, 5.74) is 1.97. The molecule has 0 amide bonds. The first kappa shape index (κ1) is 17.2. The van der Waals surface area contributed by atoms with Crippen molar-refractivity contribution < 1.29 is 17.2 Å². The number of aromatic amines is 1. The molecule has 2 aromatic heterocycles. The highest BCUT2D eigenvalue weighted by Gasteiger charge is 2.29. The quantitative estimate of drug-likeness (QED) is 0.740. The number of benzene rings is 1. The van der Waals surface area contributed by atoms with Gasteiger partial charge in [-0.2, -0.15) is 0 Å². The summed E-state index contributed by atoms with van der Waals surface area (Å²) in [5.74, 6) is 0.0485. The first-order valence-corrected chi connectivity index (χ1v) is 8.96. The maximum atomic E-state index is 13.4. The summed E-state index contributed by atoms with van der Waals surface area (Å²) in [6.07, 6.45) is 0. The van der Waals surface area contributed by atoms with E-state index in [2.05, 4.69) is 19.9 Å². The molecular formula is C16H17FN4O3S. The van der Waals surface area contributed by atoms with Gasteiger partial charge in [-0.3, -0.25) is 4.72 Å². The van der Waals surface area contributed by atoms with Crippen LogP contribution in [-0.4, -0.2) is 23.6 Å². The van der Waals surface area contributed by atoms with Gasteiger partial charge in [0, 0.05) is 24.0 Å². The number of hydrogen-bond donors (Lipinski definition) is 2. The lowest BCUT2D eigenvalue weighted by atomic mass is 10.2. The Morgan fingerprint density at radius 2 is 1.84 bits per heavy atom. The van der Waals surface area contributed by atoms with Crippen LogP contribution in [-0.2, 0) is 10.0 Å². The normalized spacial score (nSPS) is 11.7. The highest BCUT2D eigenvalue weighted by molar-refractivity contribution is 7.93. The van der Waals surface area contributed by atoms with Gasteiger partial charge < -0.3 is 9.40 Å². The molecule has 7 nitrogen and oxygen atoms in total. The number of nitrogens with zero attached hydrogens (tertiary/aromatic N) is 2. The van der Waals surface area contributed by atoms with Crippen molar-refractivity contribution in [3.05, 3.63) is 46.9 Å². The number of hydrogen-bond acceptors (Lipinski definition) is 5. The lowest BCUT2D eigenvalue weighted by Crippen LogP contribution is -2.14. The van der Waals surface area contributed by atoms with Crippen LogP contribution < -0.4 is 4.72 Å². The molecule has 132 valence electrons. The van der Waals surface area contributed by atoms with Crippen LogP contribution in [0.5, 0.6) is 0 Å². The molecule has 3 rings (SSSR count). The zero-order valence-electron chi connectivity index (χ0n) is 14.1. The molecule has 25 heavy (non-hydrogen) atoms. The van der Waals surface area contributed by atoms with E-state index in [4.69, 9.17) is 4.42 Å². The number of nitrogens with one attached hydrogen (secondary N) is 2. The number of halogens is 1. The second-order valence-corrected chi connectivity index (χ2v) is 7.39. The Hall–Kier alpha value is -2.68. The highest BCUT2D eigenvalue weighted by Crippen LogP contribution is 2.33. The minimum atomic E-state index is -3.95. The van der Waals surface area contributed by atoms with E-state index in [0.29, 0.717) is 28.4 Å². The molecule has 0 fully saturated rings. The molecular weight excluding hydrogens is 347 g/mol. The first-order chi connectivity index (χ1) is 11.7. The van der Waals surface area contributed by atoms with Crippen molar-refractivity contribution in [1.29, 1.82) is 0 Å². The van der Waals surface area contributed by atoms with E-state index in [9.17, 15) is 12.8 Å². The third-order valence-electron chi connectivity index (χ3n) is 3.74. The molecule has 0 atom stereocenters. The average Bonchev–Trinajstić information content (AvgIpc) is 3.05. The van der Waals surface area contributed by atoms with E-state index in [1.54, 1.807) is 27.7 Å². The summed E-state index contributed by atoms with van der Waals surface area (Å²) in [5, 5.41) is 7.67. The molecule has 0 bridgehead atoms. The van der Waals surface area contributed by atoms with Crippen molar-refractivity contribution in [1.82, 2.24) is 15.2 Å². The predicted octanol–water partition coefficient (Wildman–Crippen LogP) is 3.24. The van der Waals surface area contributed by atoms with Gasteiger partial charge in [-0.15, -0.1) is 10.2 Å². The predicted molar refractivity (Wildman–Crippen MR) is 90.2 cm³/mol. The molecule has 0 radical (unpaired) electrons. The van der Waals surface area contributed by atoms with Crippen LogP contribution >= 0.6 is 0 Å². The molecule has 0 aliphatic heterocycles. The Bertz CT molecular complexity index is 1050. The summed E-state index contributed by atoms with van der Waals surface area (Å²) < 4.78 is 47.1. The molecule has 1 aromatic carbocycles. The van der Waals surface area contributed by atoms with Crippen molar-refractivity contribution in [3.8, 4) is 11.5 Å². The first-order valence-electron chi connectivity index (χ1n) is 7.47. The summed E-state index contributed by atoms with van der Waals surface area (Å²) in [7, 11) is -3.95. The SMILES string of the molecule is Cc1nnc(-c2c(C)[nH]c(C)c2S(=O)(=O)Nc2ccc(F)c(C)c2)o1. The van der Waals surface area contributed by atoms with Gasteiger partial charge >= 0.3 is 0 Å². The number of anilines is 1. The second kappa shape index (κ2) is 5.99. The van der Waals surface area contributed by atoms with Gasteiger partial charge in [0.05, 0.1) is 5.56 Å². The van der Waals surface area contributed by atoms with Crippen molar-refractivity contribution in [2.45, 2.75) is 32.6 Å². The second-order valence-electron chi connectivity index (χ2n) is 5.77. The van der Waals surface area contributed by atoms with E-state index in [0.717, 1.165) is 0 Å². The van der Waals surface area contributed by atoms with Crippen LogP contribution in [0.4, 0.5) is 10.1 Å². The summed E-state index contributed by atoms with van der Waals surface area (Å²) in [6, 6.07) is 4.01. The molecule has 2 heterocycles. The maximum Gasteiger partial charge on any atom is 0.264 e. The molecule has 0 aliphatic rings. The Balaban J connectivity index is 2.10. The molecule has 0 saturated carbocycles. The Morgan fingerprint density at radius 3 is 2.44 bits per heavy atom. The van der Waals surface area contributed by atoms with Gasteiger partial charge in [0.2, 0.25) is 5.89 Å². The molecule has 0 saturated heterocycles. The van der Waals surface area contributed by atoms with E-state index in [-0.39, 0.29) is 16.5 Å². The van der Waals surface area contributed by atoms with Crippen LogP contribution in [0, 0.1) is 33.5 Å². The van der Waals surface area contributed by atoms with Crippen LogP contribution in [0.1, 0.15) is 22.8 Å². The molecule has 2 N–H and O–H groups in total. The van der Waals surface area contributed by atoms with E-state index in [1.807, 2.05) is 0 Å². The van der Waals surface area contributed by atoms with Crippen molar-refractivity contribution in [2.75, 3.05) is 4.72 Å². The summed E-state index contributed by atoms with van der Waals surface area (Å²) >= 11 is 0. The fourth-order valence-corrected chi connectivity index (χ4v) is 4.17. The van der Waals surface area contributed by atoms with Crippen molar-refractivity contribution >= 4 is 15.7 Å². The summed E-state index contributed by atoms with van der Waals surface area (Å²) in [6.45, 7) is 6.55. The lowest BCUT2D eigenvalue weighted by Gasteiger charge is -2.10. The van der Waals surface area contributed by atoms with E-state index < -0.39 is 15.8 Å². The standard InChI is InChI=1S/C16H17FN4O3S/c1-8-7-12(5-6-13(8)17)21-25(22,23)15-10(3)18-9(2)14(15)16-20-19-11(4)24-16/h5-7,18,21H,1-4H3. The minimum Gasteiger partial charge on any atom is -0.421 e. The zero-order valence-corrected chi connectivity index (χ0v) is 15.0. The number of aryl methyl sites for hydroxylation is 4. The maximum absolute atomic E-state index is 13.4. The van der Waals surface area contributed by atoms with Crippen LogP contribution in [0.15, 0.2) is 27.5 Å². The fourth-order valence-electron chi connectivity index (χ4n) is 2.66. The van der Waals surface area contributed by atoms with Gasteiger partial charge in [-0.05, 0) is 44.5 Å². The molecule has 0 spiro atoms. The third kappa shape index (κ3) is 3.14. The molecule has 3 aromatic rings. The molecule has 0 unspecified atom stereocenters. The lowest BCUT2D eigenvalue weighted by molar-refractivity contribution is 0.531. The van der Waals surface area contributed by atoms with Crippen molar-refractivity contribution in [2.24, 2.45) is 0 Å². The number of aromatic nitrogens is 3. The Morgan fingerprint density at radius 1 is 1.12 bits per heavy atom. The zero-order chi connectivity index (χ0) is 18.4. The topological polar surface area (TPSA) is 101 Å². The van der Waals surface area contributed by atoms with Gasteiger partial charge in [0.15, 0.2) is 0 Å². The van der Waals surface area contributed by atoms with E-state index in [1.165, 1.54) is 18.2 Å². The van der Waals surface area contributed by atoms with Crippen LogP contribution in [0.3, 0.4) is 0 Å². The number of sulfonamides is 1. The van der Waals surface area contributed by atoms with Gasteiger partial charge in [-0.1, -0.05) is 0 Å². The Labute approximate surface area is 144 Å². The summed E-state index contributed by atoms with van der Waals surface area (Å²) in [4.78, 5) is 3.01. The average molecular weight is 364 g/mol. The highest BCUT2D eigenvalue weighted by atomic mass is 32.2. The fraction of sp³-hybridized carbons (Fsp3) is 0.250. The van der Waals surface area contributed by atoms with Gasteiger partial charge in [-0.25, -0.2) is 12.8 Å². The van der Waals surface area contributed by atoms with E-state index >= 15 is 0 Å². The third-order valence-corrected chi connectivity index (χ3v) is 5.29. The van der Waals surface area contributed by atoms with Crippen LogP contribution in [0.2, 0.25) is 0 Å². The molecule has 9 heteroatoms. The van der Waals surface area contributed by atoms with Crippen LogP contribution in [0.25, 0.3) is 11.5 Å². The largest absolute Gasteiger partial charge is 0.421 e. The number of H-pyrrole nitrogens is 1. The van der Waals surface area contributed by atoms with Crippen molar-refractivity contribution in [3.63, 3.8) is 0 Å². The Kier molecular flexibility index (Phi) is 4.11. The van der Waals surface area contributed by atoms with Gasteiger partial charge in [0.1, 0.15) is 10.7 Å². The smallest absolute Gasteiger partial charge is 0.264 e.